The molecule has 3 aromatic carbocycles. The van der Waals surface area contributed by atoms with Crippen LogP contribution in [0.2, 0.25) is 0 Å². The summed E-state index contributed by atoms with van der Waals surface area (Å²) in [5, 5.41) is 8.85. The maximum atomic E-state index is 12.7. The van der Waals surface area contributed by atoms with Crippen molar-refractivity contribution in [3.8, 4) is 0 Å². The molecule has 0 aromatic heterocycles. The third-order valence-electron chi connectivity index (χ3n) is 5.47. The van der Waals surface area contributed by atoms with Gasteiger partial charge in [0.15, 0.2) is 0 Å². The average Bonchev–Trinajstić information content (AvgIpc) is 2.92. The summed E-state index contributed by atoms with van der Waals surface area (Å²) in [6, 6.07) is 24.2. The normalized spacial score (nSPS) is 11.3. The Balaban J connectivity index is 1.57. The number of rotatable bonds is 12. The molecule has 9 heteroatoms. The van der Waals surface area contributed by atoms with Crippen molar-refractivity contribution in [2.75, 3.05) is 25.5 Å². The van der Waals surface area contributed by atoms with Gasteiger partial charge in [0.1, 0.15) is 6.61 Å². The number of ether oxygens (including phenoxy) is 2. The average molecular weight is 568 g/mol. The third kappa shape index (κ3) is 9.36. The third-order valence-corrected chi connectivity index (χ3v) is 5.97. The van der Waals surface area contributed by atoms with Gasteiger partial charge in [0.25, 0.3) is 0 Å². The molecule has 0 aliphatic rings. The molecule has 0 saturated carbocycles. The number of carbonyl (C=O) groups excluding carboxylic acids is 3. The van der Waals surface area contributed by atoms with Crippen molar-refractivity contribution in [3.05, 3.63) is 100 Å². The number of amides is 2. The van der Waals surface area contributed by atoms with Gasteiger partial charge in [0.05, 0.1) is 19.7 Å². The van der Waals surface area contributed by atoms with E-state index in [9.17, 15) is 14.4 Å². The van der Waals surface area contributed by atoms with Crippen LogP contribution in [0, 0.1) is 0 Å². The number of halogens is 1. The fourth-order valence-electron chi connectivity index (χ4n) is 3.62. The lowest BCUT2D eigenvalue weighted by Gasteiger charge is -2.23. The molecule has 0 radical (unpaired) electrons. The molecule has 37 heavy (non-hydrogen) atoms. The highest BCUT2D eigenvalue weighted by Gasteiger charge is 2.20. The summed E-state index contributed by atoms with van der Waals surface area (Å²) in [5.41, 5.74) is 3.24. The highest BCUT2D eigenvalue weighted by Crippen LogP contribution is 2.31. The van der Waals surface area contributed by atoms with Gasteiger partial charge < -0.3 is 20.1 Å². The second-order valence-electron chi connectivity index (χ2n) is 8.17. The second-order valence-corrected chi connectivity index (χ2v) is 9.09. The van der Waals surface area contributed by atoms with Crippen LogP contribution < -0.4 is 16.0 Å². The van der Waals surface area contributed by atoms with Crippen molar-refractivity contribution >= 4 is 39.6 Å². The summed E-state index contributed by atoms with van der Waals surface area (Å²) in [6.07, 6.45) is 0.128. The number of esters is 1. The molecule has 2 amide bonds. The fourth-order valence-corrected chi connectivity index (χ4v) is 4.00. The first-order valence-electron chi connectivity index (χ1n) is 11.8. The van der Waals surface area contributed by atoms with Gasteiger partial charge in [-0.15, -0.1) is 0 Å². The molecule has 1 atom stereocenters. The number of carbonyl (C=O) groups is 3. The summed E-state index contributed by atoms with van der Waals surface area (Å²) >= 11 is 3.51. The molecular weight excluding hydrogens is 538 g/mol. The maximum Gasteiger partial charge on any atom is 0.407 e. The Morgan fingerprint density at radius 2 is 1.65 bits per heavy atom. The zero-order valence-corrected chi connectivity index (χ0v) is 22.1. The summed E-state index contributed by atoms with van der Waals surface area (Å²) in [4.78, 5) is 36.4. The summed E-state index contributed by atoms with van der Waals surface area (Å²) in [5.74, 6) is -0.584. The lowest BCUT2D eigenvalue weighted by Crippen LogP contribution is -2.30. The summed E-state index contributed by atoms with van der Waals surface area (Å²) in [6.45, 7) is 0.496. The molecule has 194 valence electrons. The molecule has 3 rings (SSSR count). The Morgan fingerprint density at radius 3 is 2.35 bits per heavy atom. The van der Waals surface area contributed by atoms with Crippen LogP contribution in [0.25, 0.3) is 0 Å². The largest absolute Gasteiger partial charge is 0.468 e. The van der Waals surface area contributed by atoms with Crippen molar-refractivity contribution in [2.45, 2.75) is 25.5 Å². The molecule has 0 aliphatic carbocycles. The zero-order chi connectivity index (χ0) is 26.5. The van der Waals surface area contributed by atoms with E-state index >= 15 is 0 Å². The number of hydrogen-bond acceptors (Lipinski definition) is 6. The predicted octanol–water partition coefficient (Wildman–Crippen LogP) is 4.95. The Bertz CT molecular complexity index is 1170. The van der Waals surface area contributed by atoms with Gasteiger partial charge in [-0.2, -0.15) is 0 Å². The van der Waals surface area contributed by atoms with Gasteiger partial charge in [-0.05, 0) is 41.3 Å². The van der Waals surface area contributed by atoms with Gasteiger partial charge in [-0.3, -0.25) is 14.9 Å². The van der Waals surface area contributed by atoms with Crippen molar-refractivity contribution in [3.63, 3.8) is 0 Å². The van der Waals surface area contributed by atoms with Crippen LogP contribution in [0.1, 0.15) is 35.6 Å². The predicted molar refractivity (Wildman–Crippen MR) is 145 cm³/mol. The molecule has 0 fully saturated rings. The molecular formula is C28H30BrN3O5. The molecule has 0 bridgehead atoms. The minimum Gasteiger partial charge on any atom is -0.468 e. The van der Waals surface area contributed by atoms with Gasteiger partial charge in [-0.25, -0.2) is 4.79 Å². The molecule has 0 saturated heterocycles. The molecule has 3 aromatic rings. The maximum absolute atomic E-state index is 12.7. The fraction of sp³-hybridized carbons (Fsp3) is 0.250. The molecule has 0 heterocycles. The smallest absolute Gasteiger partial charge is 0.407 e. The van der Waals surface area contributed by atoms with Crippen LogP contribution in [0.3, 0.4) is 0 Å². The van der Waals surface area contributed by atoms with E-state index in [1.54, 1.807) is 0 Å². The van der Waals surface area contributed by atoms with Crippen LogP contribution in [0.4, 0.5) is 10.5 Å². The van der Waals surface area contributed by atoms with Crippen LogP contribution in [0.5, 0.6) is 0 Å². The van der Waals surface area contributed by atoms with Gasteiger partial charge in [0, 0.05) is 23.1 Å². The van der Waals surface area contributed by atoms with Crippen molar-refractivity contribution in [1.82, 2.24) is 10.6 Å². The molecule has 0 aliphatic heterocycles. The van der Waals surface area contributed by atoms with E-state index in [1.165, 1.54) is 7.11 Å². The Hall–Kier alpha value is -3.69. The highest BCUT2D eigenvalue weighted by molar-refractivity contribution is 9.10. The minimum absolute atomic E-state index is 0.00199. The van der Waals surface area contributed by atoms with Crippen LogP contribution in [0.15, 0.2) is 83.3 Å². The lowest BCUT2D eigenvalue weighted by atomic mass is 9.97. The molecule has 3 N–H and O–H groups in total. The molecule has 0 spiro atoms. The van der Waals surface area contributed by atoms with Crippen molar-refractivity contribution < 1.29 is 23.9 Å². The van der Waals surface area contributed by atoms with Crippen molar-refractivity contribution in [1.29, 1.82) is 0 Å². The van der Waals surface area contributed by atoms with Gasteiger partial charge in [-0.1, -0.05) is 76.6 Å². The SMILES string of the molecule is COC(=O)CNC(c1ccccc1)c1cc(Br)ccc1NC(=O)CCCNC(=O)OCc1ccccc1. The van der Waals surface area contributed by atoms with E-state index in [1.807, 2.05) is 78.9 Å². The monoisotopic (exact) mass is 567 g/mol. The molecule has 8 nitrogen and oxygen atoms in total. The first-order valence-corrected chi connectivity index (χ1v) is 12.6. The molecule has 1 unspecified atom stereocenters. The second kappa shape index (κ2) is 14.8. The zero-order valence-electron chi connectivity index (χ0n) is 20.5. The van der Waals surface area contributed by atoms with Crippen LogP contribution in [-0.2, 0) is 25.7 Å². The van der Waals surface area contributed by atoms with Gasteiger partial charge >= 0.3 is 12.1 Å². The summed E-state index contributed by atoms with van der Waals surface area (Å²) < 4.78 is 10.8. The first kappa shape index (κ1) is 27.9. The Kier molecular flexibility index (Phi) is 11.1. The minimum atomic E-state index is -0.526. The summed E-state index contributed by atoms with van der Waals surface area (Å²) in [7, 11) is 1.34. The van der Waals surface area contributed by atoms with E-state index in [0.29, 0.717) is 18.7 Å². The van der Waals surface area contributed by atoms with Crippen molar-refractivity contribution in [2.24, 2.45) is 0 Å². The van der Waals surface area contributed by atoms with E-state index in [-0.39, 0.29) is 31.5 Å². The standard InChI is InChI=1S/C28H30BrN3O5/c1-36-26(34)18-31-27(21-11-6-3-7-12-21)23-17-22(29)14-15-24(23)32-25(33)13-8-16-30-28(35)37-19-20-9-4-2-5-10-20/h2-7,9-12,14-15,17,27,31H,8,13,16,18-19H2,1H3,(H,30,35)(H,32,33). The quantitative estimate of drug-likeness (QED) is 0.211. The Morgan fingerprint density at radius 1 is 0.946 bits per heavy atom. The number of alkyl carbamates (subject to hydrolysis) is 1. The Labute approximate surface area is 224 Å². The van der Waals surface area contributed by atoms with E-state index in [2.05, 4.69) is 31.9 Å². The topological polar surface area (TPSA) is 106 Å². The van der Waals surface area contributed by atoms with Crippen LogP contribution >= 0.6 is 15.9 Å². The van der Waals surface area contributed by atoms with E-state index in [0.717, 1.165) is 21.2 Å². The van der Waals surface area contributed by atoms with E-state index < -0.39 is 12.1 Å². The van der Waals surface area contributed by atoms with Crippen LogP contribution in [-0.4, -0.2) is 38.2 Å². The number of nitrogens with one attached hydrogen (secondary N) is 3. The number of hydrogen-bond donors (Lipinski definition) is 3. The lowest BCUT2D eigenvalue weighted by molar-refractivity contribution is -0.139. The number of anilines is 1. The number of benzene rings is 3. The first-order chi connectivity index (χ1) is 18.0. The van der Waals surface area contributed by atoms with E-state index in [4.69, 9.17) is 9.47 Å². The number of methoxy groups -OCH3 is 1. The highest BCUT2D eigenvalue weighted by atomic mass is 79.9. The van der Waals surface area contributed by atoms with Gasteiger partial charge in [0.2, 0.25) is 5.91 Å².